The first kappa shape index (κ1) is 30.7. The predicted molar refractivity (Wildman–Crippen MR) is 154 cm³/mol. The van der Waals surface area contributed by atoms with Crippen LogP contribution in [0.3, 0.4) is 0 Å². The Morgan fingerprint density at radius 1 is 0.575 bits per heavy atom. The maximum atomic E-state index is 12.6. The van der Waals surface area contributed by atoms with Gasteiger partial charge in [0.05, 0.1) is 28.4 Å². The summed E-state index contributed by atoms with van der Waals surface area (Å²) in [6.45, 7) is 5.83. The van der Waals surface area contributed by atoms with Crippen molar-refractivity contribution < 1.29 is 28.5 Å². The van der Waals surface area contributed by atoms with Crippen molar-refractivity contribution in [2.75, 3.05) is 28.4 Å². The number of benzene rings is 3. The summed E-state index contributed by atoms with van der Waals surface area (Å²) in [6, 6.07) is 22.8. The Hall–Kier alpha value is -3.88. The predicted octanol–water partition coefficient (Wildman–Crippen LogP) is 4.83. The highest BCUT2D eigenvalue weighted by Gasteiger charge is 2.26. The normalized spacial score (nSPS) is 12.6. The molecular weight excluding hydrogens is 508 g/mol. The van der Waals surface area contributed by atoms with Crippen LogP contribution in [0.1, 0.15) is 36.1 Å². The lowest BCUT2D eigenvalue weighted by molar-refractivity contribution is -0.147. The second kappa shape index (κ2) is 15.1. The number of ether oxygens (including phenoxy) is 4. The van der Waals surface area contributed by atoms with E-state index in [-0.39, 0.29) is 11.9 Å². The molecule has 40 heavy (non-hydrogen) atoms. The van der Waals surface area contributed by atoms with E-state index in [2.05, 4.69) is 21.9 Å². The lowest BCUT2D eigenvalue weighted by Crippen LogP contribution is -2.40. The molecule has 0 spiro atoms. The van der Waals surface area contributed by atoms with Crippen molar-refractivity contribution in [1.29, 1.82) is 0 Å². The van der Waals surface area contributed by atoms with Gasteiger partial charge in [-0.25, -0.2) is 0 Å². The van der Waals surface area contributed by atoms with Crippen molar-refractivity contribution in [3.05, 3.63) is 95.1 Å². The van der Waals surface area contributed by atoms with Gasteiger partial charge in [-0.1, -0.05) is 48.5 Å². The van der Waals surface area contributed by atoms with Crippen molar-refractivity contribution in [3.63, 3.8) is 0 Å². The van der Waals surface area contributed by atoms with Gasteiger partial charge in [-0.3, -0.25) is 19.4 Å². The molecular formula is C32H40N2O6. The molecule has 214 valence electrons. The summed E-state index contributed by atoms with van der Waals surface area (Å²) in [5.41, 5.74) is 4.22. The summed E-state index contributed by atoms with van der Waals surface area (Å²) in [4.78, 5) is 29.4. The monoisotopic (exact) mass is 548 g/mol. The molecule has 0 fully saturated rings. The van der Waals surface area contributed by atoms with Gasteiger partial charge in [0.25, 0.3) is 0 Å². The molecule has 8 heteroatoms. The van der Waals surface area contributed by atoms with E-state index in [9.17, 15) is 9.59 Å². The molecule has 3 aromatic carbocycles. The van der Waals surface area contributed by atoms with E-state index in [1.54, 1.807) is 14.2 Å². The molecule has 0 aliphatic rings. The maximum Gasteiger partial charge on any atom is 0.322 e. The van der Waals surface area contributed by atoms with Gasteiger partial charge in [-0.15, -0.1) is 0 Å². The molecule has 0 aliphatic heterocycles. The molecule has 0 aliphatic carbocycles. The maximum absolute atomic E-state index is 12.6. The fourth-order valence-electron chi connectivity index (χ4n) is 4.53. The minimum Gasteiger partial charge on any atom is -0.497 e. The number of hydrogen-bond donors (Lipinski definition) is 0. The molecule has 3 aromatic rings. The Bertz CT molecular complexity index is 1130. The number of carbonyl (C=O) groups excluding carboxylic acids is 2. The summed E-state index contributed by atoms with van der Waals surface area (Å²) < 4.78 is 20.8. The lowest BCUT2D eigenvalue weighted by atomic mass is 10.0. The van der Waals surface area contributed by atoms with Crippen LogP contribution in [0, 0.1) is 0 Å². The van der Waals surface area contributed by atoms with Gasteiger partial charge in [0.1, 0.15) is 23.6 Å². The van der Waals surface area contributed by atoms with E-state index >= 15 is 0 Å². The fourth-order valence-corrected chi connectivity index (χ4v) is 4.53. The van der Waals surface area contributed by atoms with E-state index in [4.69, 9.17) is 18.9 Å². The molecule has 2 atom stereocenters. The Kier molecular flexibility index (Phi) is 11.5. The molecule has 8 nitrogen and oxygen atoms in total. The zero-order valence-corrected chi connectivity index (χ0v) is 24.3. The van der Waals surface area contributed by atoms with Crippen LogP contribution in [0.25, 0.3) is 0 Å². The Morgan fingerprint density at radius 2 is 0.925 bits per heavy atom. The average Bonchev–Trinajstić information content (AvgIpc) is 3.00. The topological polar surface area (TPSA) is 77.5 Å². The van der Waals surface area contributed by atoms with Crippen LogP contribution in [0.15, 0.2) is 72.8 Å². The van der Waals surface area contributed by atoms with Gasteiger partial charge in [0.15, 0.2) is 0 Å². The van der Waals surface area contributed by atoms with Gasteiger partial charge < -0.3 is 18.9 Å². The number of nitrogens with zero attached hydrogens (tertiary/aromatic N) is 2. The first-order valence-corrected chi connectivity index (χ1v) is 13.3. The second-order valence-corrected chi connectivity index (χ2v) is 9.67. The molecule has 0 N–H and O–H groups in total. The lowest BCUT2D eigenvalue weighted by Gasteiger charge is -2.31. The number of hydrogen-bond acceptors (Lipinski definition) is 8. The quantitative estimate of drug-likeness (QED) is 0.265. The Balaban J connectivity index is 1.89. The van der Waals surface area contributed by atoms with Crippen molar-refractivity contribution in [2.45, 2.75) is 52.1 Å². The van der Waals surface area contributed by atoms with Gasteiger partial charge >= 0.3 is 11.9 Å². The highest BCUT2D eigenvalue weighted by Crippen LogP contribution is 2.23. The second-order valence-electron chi connectivity index (χ2n) is 9.67. The molecule has 0 heterocycles. The highest BCUT2D eigenvalue weighted by molar-refractivity contribution is 5.75. The molecule has 0 amide bonds. The van der Waals surface area contributed by atoms with Crippen LogP contribution in [0.5, 0.6) is 11.5 Å². The summed E-state index contributed by atoms with van der Waals surface area (Å²) in [5.74, 6) is 0.953. The van der Waals surface area contributed by atoms with Crippen molar-refractivity contribution in [2.24, 2.45) is 0 Å². The summed E-state index contributed by atoms with van der Waals surface area (Å²) in [7, 11) is 6.08. The van der Waals surface area contributed by atoms with Crippen LogP contribution >= 0.6 is 0 Å². The minimum absolute atomic E-state index is 0.300. The van der Waals surface area contributed by atoms with E-state index in [0.29, 0.717) is 26.2 Å². The van der Waals surface area contributed by atoms with Gasteiger partial charge in [0, 0.05) is 26.2 Å². The first-order valence-electron chi connectivity index (χ1n) is 13.3. The molecule has 0 aromatic heterocycles. The smallest absolute Gasteiger partial charge is 0.322 e. The van der Waals surface area contributed by atoms with Gasteiger partial charge in [-0.05, 0) is 60.4 Å². The molecule has 0 saturated carbocycles. The van der Waals surface area contributed by atoms with Crippen LogP contribution in [-0.2, 0) is 45.2 Å². The third-order valence-corrected chi connectivity index (χ3v) is 7.13. The van der Waals surface area contributed by atoms with E-state index in [1.807, 2.05) is 74.5 Å². The zero-order valence-electron chi connectivity index (χ0n) is 24.3. The summed E-state index contributed by atoms with van der Waals surface area (Å²) >= 11 is 0. The standard InChI is InChI=1S/C32H40N2O6/c1-23(31(35)39-5)33(19-25-11-15-29(37-3)16-12-25)21-27-9-7-8-10-28(27)22-34(24(2)32(36)40-6)20-26-13-17-30(38-4)18-14-26/h7-18,23-24H,19-22H2,1-6H3/t23-,24-/m1/s1. The Labute approximate surface area is 237 Å². The van der Waals surface area contributed by atoms with Crippen LogP contribution < -0.4 is 9.47 Å². The zero-order chi connectivity index (χ0) is 29.1. The fraction of sp³-hybridized carbons (Fsp3) is 0.375. The molecule has 0 unspecified atom stereocenters. The number of methoxy groups -OCH3 is 4. The number of esters is 2. The van der Waals surface area contributed by atoms with Crippen LogP contribution in [0.2, 0.25) is 0 Å². The van der Waals surface area contributed by atoms with E-state index in [0.717, 1.165) is 33.8 Å². The molecule has 0 saturated heterocycles. The van der Waals surface area contributed by atoms with Crippen molar-refractivity contribution in [3.8, 4) is 11.5 Å². The van der Waals surface area contributed by atoms with Crippen molar-refractivity contribution >= 4 is 11.9 Å². The number of rotatable bonds is 14. The van der Waals surface area contributed by atoms with Crippen molar-refractivity contribution in [1.82, 2.24) is 9.80 Å². The summed E-state index contributed by atoms with van der Waals surface area (Å²) in [5, 5.41) is 0. The minimum atomic E-state index is -0.468. The molecule has 3 rings (SSSR count). The molecule has 0 radical (unpaired) electrons. The summed E-state index contributed by atoms with van der Waals surface area (Å²) in [6.07, 6.45) is 0. The first-order chi connectivity index (χ1) is 19.3. The van der Waals surface area contributed by atoms with Gasteiger partial charge in [-0.2, -0.15) is 0 Å². The van der Waals surface area contributed by atoms with Gasteiger partial charge in [0.2, 0.25) is 0 Å². The van der Waals surface area contributed by atoms with Crippen LogP contribution in [-0.4, -0.2) is 62.3 Å². The number of carbonyl (C=O) groups is 2. The third kappa shape index (κ3) is 8.31. The van der Waals surface area contributed by atoms with Crippen LogP contribution in [0.4, 0.5) is 0 Å². The Morgan fingerprint density at radius 3 is 1.23 bits per heavy atom. The third-order valence-electron chi connectivity index (χ3n) is 7.13. The largest absolute Gasteiger partial charge is 0.497 e. The van der Waals surface area contributed by atoms with E-state index in [1.165, 1.54) is 14.2 Å². The molecule has 0 bridgehead atoms. The SMILES string of the molecule is COC(=O)[C@@H](C)N(Cc1ccc(OC)cc1)Cc1ccccc1CN(Cc1ccc(OC)cc1)[C@H](C)C(=O)OC. The average molecular weight is 549 g/mol. The van der Waals surface area contributed by atoms with E-state index < -0.39 is 12.1 Å². The highest BCUT2D eigenvalue weighted by atomic mass is 16.5.